The van der Waals surface area contributed by atoms with E-state index in [0.29, 0.717) is 0 Å². The summed E-state index contributed by atoms with van der Waals surface area (Å²) in [6.45, 7) is 10.4. The molecular formula is C16H35IN4. The fourth-order valence-corrected chi connectivity index (χ4v) is 2.87. The van der Waals surface area contributed by atoms with Crippen LogP contribution in [0.25, 0.3) is 0 Å². The minimum absolute atomic E-state index is 0. The number of hydrogen-bond donors (Lipinski definition) is 1. The fraction of sp³-hybridized carbons (Fsp3) is 0.938. The summed E-state index contributed by atoms with van der Waals surface area (Å²) in [5.74, 6) is 1.94. The molecule has 126 valence electrons. The monoisotopic (exact) mass is 410 g/mol. The van der Waals surface area contributed by atoms with Crippen molar-refractivity contribution in [2.75, 3.05) is 46.8 Å². The highest BCUT2D eigenvalue weighted by molar-refractivity contribution is 14.0. The molecule has 1 rings (SSSR count). The van der Waals surface area contributed by atoms with Gasteiger partial charge in [0.05, 0.1) is 0 Å². The highest BCUT2D eigenvalue weighted by atomic mass is 127. The Labute approximate surface area is 148 Å². The van der Waals surface area contributed by atoms with Crippen LogP contribution in [0.2, 0.25) is 0 Å². The number of nitrogens with one attached hydrogen (secondary N) is 1. The smallest absolute Gasteiger partial charge is 0.193 e. The van der Waals surface area contributed by atoms with Crippen LogP contribution in [-0.4, -0.2) is 62.6 Å². The maximum atomic E-state index is 4.37. The van der Waals surface area contributed by atoms with Crippen LogP contribution in [0.15, 0.2) is 4.99 Å². The molecule has 0 aromatic heterocycles. The summed E-state index contributed by atoms with van der Waals surface area (Å²) in [6.07, 6.45) is 6.46. The average molecular weight is 410 g/mol. The van der Waals surface area contributed by atoms with Crippen molar-refractivity contribution in [2.45, 2.75) is 46.0 Å². The zero-order chi connectivity index (χ0) is 14.8. The Bertz CT molecular complexity index is 275. The maximum Gasteiger partial charge on any atom is 0.193 e. The van der Waals surface area contributed by atoms with Gasteiger partial charge in [0.15, 0.2) is 5.96 Å². The molecule has 0 aromatic carbocycles. The van der Waals surface area contributed by atoms with Gasteiger partial charge >= 0.3 is 0 Å². The number of likely N-dealkylation sites (tertiary alicyclic amines) is 1. The first-order valence-electron chi connectivity index (χ1n) is 8.35. The minimum Gasteiger partial charge on any atom is -0.356 e. The molecule has 0 radical (unpaired) electrons. The second-order valence-corrected chi connectivity index (χ2v) is 5.92. The van der Waals surface area contributed by atoms with Crippen LogP contribution in [0.3, 0.4) is 0 Å². The van der Waals surface area contributed by atoms with Gasteiger partial charge in [0.2, 0.25) is 0 Å². The van der Waals surface area contributed by atoms with Gasteiger partial charge in [0, 0.05) is 27.2 Å². The minimum atomic E-state index is 0. The van der Waals surface area contributed by atoms with E-state index >= 15 is 0 Å². The first kappa shape index (κ1) is 21.0. The van der Waals surface area contributed by atoms with E-state index in [0.717, 1.165) is 25.0 Å². The number of aliphatic imine (C=N–C) groups is 1. The van der Waals surface area contributed by atoms with Crippen molar-refractivity contribution in [1.29, 1.82) is 0 Å². The van der Waals surface area contributed by atoms with Crippen LogP contribution in [-0.2, 0) is 0 Å². The van der Waals surface area contributed by atoms with Crippen molar-refractivity contribution < 1.29 is 0 Å². The summed E-state index contributed by atoms with van der Waals surface area (Å²) in [5, 5.41) is 3.51. The lowest BCUT2D eigenvalue weighted by Gasteiger charge is -2.31. The molecule has 21 heavy (non-hydrogen) atoms. The average Bonchev–Trinajstić information content (AvgIpc) is 2.49. The lowest BCUT2D eigenvalue weighted by atomic mass is 9.93. The van der Waals surface area contributed by atoms with E-state index in [-0.39, 0.29) is 24.0 Å². The molecule has 5 heteroatoms. The Morgan fingerprint density at radius 1 is 1.29 bits per heavy atom. The molecule has 0 saturated carbocycles. The first-order chi connectivity index (χ1) is 9.71. The molecule has 0 aromatic rings. The molecule has 1 aliphatic heterocycles. The molecular weight excluding hydrogens is 375 g/mol. The summed E-state index contributed by atoms with van der Waals surface area (Å²) in [5.41, 5.74) is 0. The molecule has 1 fully saturated rings. The van der Waals surface area contributed by atoms with Crippen LogP contribution >= 0.6 is 24.0 Å². The maximum absolute atomic E-state index is 4.37. The first-order valence-corrected chi connectivity index (χ1v) is 8.35. The molecule has 0 atom stereocenters. The van der Waals surface area contributed by atoms with Crippen molar-refractivity contribution in [2.24, 2.45) is 10.9 Å². The molecule has 0 unspecified atom stereocenters. The molecule has 1 aliphatic rings. The standard InChI is InChI=1S/C16H34N4.HI/c1-5-7-12-19(4)16(17-3)18-11-8-15-9-13-20(6-2)14-10-15;/h15H,5-14H2,1-4H3,(H,17,18);1H. The van der Waals surface area contributed by atoms with Crippen molar-refractivity contribution in [1.82, 2.24) is 15.1 Å². The van der Waals surface area contributed by atoms with Gasteiger partial charge in [-0.05, 0) is 51.2 Å². The Hall–Kier alpha value is -0.0400. The summed E-state index contributed by atoms with van der Waals surface area (Å²) in [4.78, 5) is 9.17. The topological polar surface area (TPSA) is 30.9 Å². The van der Waals surface area contributed by atoms with Gasteiger partial charge in [-0.15, -0.1) is 24.0 Å². The fourth-order valence-electron chi connectivity index (χ4n) is 2.87. The van der Waals surface area contributed by atoms with Gasteiger partial charge in [-0.2, -0.15) is 0 Å². The van der Waals surface area contributed by atoms with Gasteiger partial charge < -0.3 is 15.1 Å². The Morgan fingerprint density at radius 3 is 2.48 bits per heavy atom. The number of hydrogen-bond acceptors (Lipinski definition) is 2. The predicted octanol–water partition coefficient (Wildman–Crippen LogP) is 3.03. The summed E-state index contributed by atoms with van der Waals surface area (Å²) in [7, 11) is 4.01. The number of nitrogens with zero attached hydrogens (tertiary/aromatic N) is 3. The SMILES string of the molecule is CCCCN(C)C(=NC)NCCC1CCN(CC)CC1.I. The van der Waals surface area contributed by atoms with Gasteiger partial charge in [-0.1, -0.05) is 20.3 Å². The van der Waals surface area contributed by atoms with Gasteiger partial charge in [-0.3, -0.25) is 4.99 Å². The van der Waals surface area contributed by atoms with E-state index in [1.807, 2.05) is 7.05 Å². The second kappa shape index (κ2) is 12.5. The number of piperidine rings is 1. The van der Waals surface area contributed by atoms with E-state index < -0.39 is 0 Å². The molecule has 0 bridgehead atoms. The van der Waals surface area contributed by atoms with Crippen LogP contribution < -0.4 is 5.32 Å². The second-order valence-electron chi connectivity index (χ2n) is 5.92. The Kier molecular flexibility index (Phi) is 12.5. The number of rotatable bonds is 7. The van der Waals surface area contributed by atoms with E-state index in [9.17, 15) is 0 Å². The van der Waals surface area contributed by atoms with E-state index in [1.165, 1.54) is 51.7 Å². The van der Waals surface area contributed by atoms with Gasteiger partial charge in [-0.25, -0.2) is 0 Å². The van der Waals surface area contributed by atoms with Crippen LogP contribution in [0.5, 0.6) is 0 Å². The third-order valence-corrected chi connectivity index (χ3v) is 4.41. The number of guanidine groups is 1. The molecule has 0 aliphatic carbocycles. The predicted molar refractivity (Wildman–Crippen MR) is 104 cm³/mol. The molecule has 1 saturated heterocycles. The lowest BCUT2D eigenvalue weighted by molar-refractivity contribution is 0.187. The van der Waals surface area contributed by atoms with Gasteiger partial charge in [0.25, 0.3) is 0 Å². The third-order valence-electron chi connectivity index (χ3n) is 4.41. The number of halogens is 1. The van der Waals surface area contributed by atoms with Crippen molar-refractivity contribution in [3.8, 4) is 0 Å². The van der Waals surface area contributed by atoms with Crippen LogP contribution in [0, 0.1) is 5.92 Å². The van der Waals surface area contributed by atoms with Gasteiger partial charge in [0.1, 0.15) is 0 Å². The lowest BCUT2D eigenvalue weighted by Crippen LogP contribution is -2.41. The molecule has 0 amide bonds. The Balaban J connectivity index is 0.00000400. The zero-order valence-corrected chi connectivity index (χ0v) is 16.7. The Morgan fingerprint density at radius 2 is 1.95 bits per heavy atom. The van der Waals surface area contributed by atoms with Crippen LogP contribution in [0.4, 0.5) is 0 Å². The highest BCUT2D eigenvalue weighted by Gasteiger charge is 2.17. The van der Waals surface area contributed by atoms with E-state index in [1.54, 1.807) is 0 Å². The van der Waals surface area contributed by atoms with Crippen molar-refractivity contribution in [3.05, 3.63) is 0 Å². The highest BCUT2D eigenvalue weighted by Crippen LogP contribution is 2.19. The quantitative estimate of drug-likeness (QED) is 0.398. The molecule has 1 N–H and O–H groups in total. The summed E-state index contributed by atoms with van der Waals surface area (Å²) >= 11 is 0. The molecule has 4 nitrogen and oxygen atoms in total. The molecule has 1 heterocycles. The third kappa shape index (κ3) is 8.24. The zero-order valence-electron chi connectivity index (χ0n) is 14.4. The largest absolute Gasteiger partial charge is 0.356 e. The van der Waals surface area contributed by atoms with E-state index in [2.05, 4.69) is 41.0 Å². The number of unbranched alkanes of at least 4 members (excludes halogenated alkanes) is 1. The molecule has 0 spiro atoms. The summed E-state index contributed by atoms with van der Waals surface area (Å²) in [6, 6.07) is 0. The van der Waals surface area contributed by atoms with E-state index in [4.69, 9.17) is 0 Å². The normalized spacial score (nSPS) is 17.4. The van der Waals surface area contributed by atoms with Crippen molar-refractivity contribution >= 4 is 29.9 Å². The van der Waals surface area contributed by atoms with Crippen molar-refractivity contribution in [3.63, 3.8) is 0 Å². The summed E-state index contributed by atoms with van der Waals surface area (Å²) < 4.78 is 0. The van der Waals surface area contributed by atoms with Crippen LogP contribution in [0.1, 0.15) is 46.0 Å².